The lowest BCUT2D eigenvalue weighted by atomic mass is 9.94. The summed E-state index contributed by atoms with van der Waals surface area (Å²) in [6.07, 6.45) is 2.40. The number of hydrogen-bond donors (Lipinski definition) is 1. The first-order valence-electron chi connectivity index (χ1n) is 6.16. The molecule has 0 bridgehead atoms. The van der Waals surface area contributed by atoms with E-state index in [-0.39, 0.29) is 0 Å². The van der Waals surface area contributed by atoms with E-state index in [1.807, 2.05) is 30.8 Å². The van der Waals surface area contributed by atoms with Crippen LogP contribution in [0.1, 0.15) is 32.4 Å². The molecule has 17 heavy (non-hydrogen) atoms. The van der Waals surface area contributed by atoms with Crippen LogP contribution in [0.2, 0.25) is 0 Å². The van der Waals surface area contributed by atoms with E-state index in [0.29, 0.717) is 6.42 Å². The standard InChI is InChI=1S/C14H20N2O/c1-4-9-14(2,17)10-12-11-7-5-6-8-13(11)16(3)15-12/h5-8,17H,4,9-10H2,1-3H3. The third-order valence-electron chi connectivity index (χ3n) is 3.17. The number of aliphatic hydroxyl groups is 1. The van der Waals surface area contributed by atoms with Crippen molar-refractivity contribution in [1.82, 2.24) is 9.78 Å². The first-order chi connectivity index (χ1) is 8.03. The van der Waals surface area contributed by atoms with Crippen molar-refractivity contribution >= 4 is 10.9 Å². The van der Waals surface area contributed by atoms with Crippen LogP contribution in [0.3, 0.4) is 0 Å². The molecule has 0 saturated carbocycles. The molecule has 2 rings (SSSR count). The van der Waals surface area contributed by atoms with Gasteiger partial charge in [0.1, 0.15) is 0 Å². The number of benzene rings is 1. The molecule has 0 fully saturated rings. The van der Waals surface area contributed by atoms with Gasteiger partial charge in [-0.15, -0.1) is 0 Å². The summed E-state index contributed by atoms with van der Waals surface area (Å²) in [5.41, 5.74) is 1.45. The first kappa shape index (κ1) is 12.1. The highest BCUT2D eigenvalue weighted by atomic mass is 16.3. The summed E-state index contributed by atoms with van der Waals surface area (Å²) in [6, 6.07) is 8.15. The minimum atomic E-state index is -0.661. The Bertz CT molecular complexity index is 514. The molecule has 0 amide bonds. The lowest BCUT2D eigenvalue weighted by Gasteiger charge is -2.21. The molecule has 0 radical (unpaired) electrons. The van der Waals surface area contributed by atoms with Crippen molar-refractivity contribution in [3.8, 4) is 0 Å². The Morgan fingerprint density at radius 2 is 2.06 bits per heavy atom. The second-order valence-corrected chi connectivity index (χ2v) is 5.01. The summed E-state index contributed by atoms with van der Waals surface area (Å²) in [7, 11) is 1.94. The second-order valence-electron chi connectivity index (χ2n) is 5.01. The van der Waals surface area contributed by atoms with E-state index in [2.05, 4.69) is 24.2 Å². The molecule has 3 heteroatoms. The lowest BCUT2D eigenvalue weighted by molar-refractivity contribution is 0.0498. The summed E-state index contributed by atoms with van der Waals surface area (Å²) in [5, 5.41) is 15.9. The first-order valence-corrected chi connectivity index (χ1v) is 6.16. The highest BCUT2D eigenvalue weighted by molar-refractivity contribution is 5.81. The third kappa shape index (κ3) is 2.50. The van der Waals surface area contributed by atoms with Gasteiger partial charge in [-0.2, -0.15) is 5.10 Å². The summed E-state index contributed by atoms with van der Waals surface area (Å²) in [6.45, 7) is 3.98. The summed E-state index contributed by atoms with van der Waals surface area (Å²) in [4.78, 5) is 0. The predicted octanol–water partition coefficient (Wildman–Crippen LogP) is 2.67. The zero-order chi connectivity index (χ0) is 12.5. The van der Waals surface area contributed by atoms with Crippen LogP contribution in [-0.4, -0.2) is 20.5 Å². The van der Waals surface area contributed by atoms with Crippen LogP contribution < -0.4 is 0 Å². The molecule has 1 heterocycles. The SMILES string of the molecule is CCCC(C)(O)Cc1nn(C)c2ccccc12. The number of fused-ring (bicyclic) bond motifs is 1. The van der Waals surface area contributed by atoms with E-state index < -0.39 is 5.60 Å². The largest absolute Gasteiger partial charge is 0.390 e. The Labute approximate surface area is 102 Å². The predicted molar refractivity (Wildman–Crippen MR) is 69.9 cm³/mol. The van der Waals surface area contributed by atoms with Crippen LogP contribution in [0.25, 0.3) is 10.9 Å². The Kier molecular flexibility index (Phi) is 3.20. The summed E-state index contributed by atoms with van der Waals surface area (Å²) >= 11 is 0. The van der Waals surface area contributed by atoms with E-state index in [0.717, 1.165) is 29.4 Å². The van der Waals surface area contributed by atoms with Crippen LogP contribution in [0.4, 0.5) is 0 Å². The maximum Gasteiger partial charge on any atom is 0.0731 e. The number of para-hydroxylation sites is 1. The number of aryl methyl sites for hydroxylation is 1. The van der Waals surface area contributed by atoms with Gasteiger partial charge in [0.15, 0.2) is 0 Å². The molecule has 1 aromatic carbocycles. The molecule has 1 N–H and O–H groups in total. The second kappa shape index (κ2) is 4.49. The average Bonchev–Trinajstić information content (AvgIpc) is 2.56. The Balaban J connectivity index is 2.36. The van der Waals surface area contributed by atoms with E-state index in [1.165, 1.54) is 0 Å². The molecule has 1 atom stereocenters. The van der Waals surface area contributed by atoms with Gasteiger partial charge in [-0.25, -0.2) is 0 Å². The molecule has 92 valence electrons. The maximum absolute atomic E-state index is 10.3. The fourth-order valence-electron chi connectivity index (χ4n) is 2.41. The monoisotopic (exact) mass is 232 g/mol. The van der Waals surface area contributed by atoms with Gasteiger partial charge >= 0.3 is 0 Å². The van der Waals surface area contributed by atoms with Crippen LogP contribution in [-0.2, 0) is 13.5 Å². The van der Waals surface area contributed by atoms with Crippen molar-refractivity contribution < 1.29 is 5.11 Å². The van der Waals surface area contributed by atoms with Gasteiger partial charge in [0.05, 0.1) is 16.8 Å². The molecule has 3 nitrogen and oxygen atoms in total. The molecular formula is C14H20N2O. The van der Waals surface area contributed by atoms with Gasteiger partial charge in [-0.05, 0) is 19.4 Å². The van der Waals surface area contributed by atoms with Crippen molar-refractivity contribution in [3.63, 3.8) is 0 Å². The minimum Gasteiger partial charge on any atom is -0.390 e. The van der Waals surface area contributed by atoms with Crippen molar-refractivity contribution in [2.75, 3.05) is 0 Å². The Morgan fingerprint density at radius 3 is 2.76 bits per heavy atom. The van der Waals surface area contributed by atoms with Crippen LogP contribution in [0.15, 0.2) is 24.3 Å². The van der Waals surface area contributed by atoms with Gasteiger partial charge < -0.3 is 5.11 Å². The summed E-state index contributed by atoms with van der Waals surface area (Å²) in [5.74, 6) is 0. The highest BCUT2D eigenvalue weighted by Crippen LogP contribution is 2.24. The van der Waals surface area contributed by atoms with Gasteiger partial charge in [0.2, 0.25) is 0 Å². The quantitative estimate of drug-likeness (QED) is 0.880. The lowest BCUT2D eigenvalue weighted by Crippen LogP contribution is -2.27. The molecule has 0 aliphatic heterocycles. The Hall–Kier alpha value is -1.35. The van der Waals surface area contributed by atoms with Crippen LogP contribution in [0, 0.1) is 0 Å². The van der Waals surface area contributed by atoms with Crippen molar-refractivity contribution in [1.29, 1.82) is 0 Å². The van der Waals surface area contributed by atoms with Gasteiger partial charge in [-0.3, -0.25) is 4.68 Å². The zero-order valence-electron chi connectivity index (χ0n) is 10.8. The number of aromatic nitrogens is 2. The molecular weight excluding hydrogens is 212 g/mol. The van der Waals surface area contributed by atoms with E-state index >= 15 is 0 Å². The van der Waals surface area contributed by atoms with Crippen molar-refractivity contribution in [2.45, 2.75) is 38.7 Å². The fraction of sp³-hybridized carbons (Fsp3) is 0.500. The Morgan fingerprint density at radius 1 is 1.35 bits per heavy atom. The smallest absolute Gasteiger partial charge is 0.0731 e. The van der Waals surface area contributed by atoms with E-state index in [9.17, 15) is 5.11 Å². The molecule has 1 aromatic heterocycles. The summed E-state index contributed by atoms with van der Waals surface area (Å²) < 4.78 is 1.88. The van der Waals surface area contributed by atoms with Crippen LogP contribution >= 0.6 is 0 Å². The molecule has 0 aliphatic rings. The third-order valence-corrected chi connectivity index (χ3v) is 3.17. The number of hydrogen-bond acceptors (Lipinski definition) is 2. The van der Waals surface area contributed by atoms with E-state index in [4.69, 9.17) is 0 Å². The topological polar surface area (TPSA) is 38.1 Å². The van der Waals surface area contributed by atoms with Gasteiger partial charge in [0.25, 0.3) is 0 Å². The van der Waals surface area contributed by atoms with Crippen LogP contribution in [0.5, 0.6) is 0 Å². The molecule has 0 aliphatic carbocycles. The zero-order valence-corrected chi connectivity index (χ0v) is 10.8. The van der Waals surface area contributed by atoms with Gasteiger partial charge in [-0.1, -0.05) is 31.5 Å². The number of nitrogens with zero attached hydrogens (tertiary/aromatic N) is 2. The van der Waals surface area contributed by atoms with Gasteiger partial charge in [0, 0.05) is 18.9 Å². The van der Waals surface area contributed by atoms with Crippen molar-refractivity contribution in [2.24, 2.45) is 7.05 Å². The average molecular weight is 232 g/mol. The molecule has 2 aromatic rings. The highest BCUT2D eigenvalue weighted by Gasteiger charge is 2.22. The molecule has 1 unspecified atom stereocenters. The van der Waals surface area contributed by atoms with Crippen molar-refractivity contribution in [3.05, 3.63) is 30.0 Å². The normalized spacial score (nSPS) is 15.1. The number of rotatable bonds is 4. The molecule has 0 spiro atoms. The maximum atomic E-state index is 10.3. The minimum absolute atomic E-state index is 0.613. The fourth-order valence-corrected chi connectivity index (χ4v) is 2.41. The molecule has 0 saturated heterocycles. The van der Waals surface area contributed by atoms with E-state index in [1.54, 1.807) is 0 Å².